The summed E-state index contributed by atoms with van der Waals surface area (Å²) in [6.45, 7) is 13.5. The molecule has 0 spiro atoms. The molecule has 1 aliphatic heterocycles. The molecule has 2 unspecified atom stereocenters. The van der Waals surface area contributed by atoms with Gasteiger partial charge in [-0.15, -0.1) is 0 Å². The molecule has 6 nitrogen and oxygen atoms in total. The minimum Gasteiger partial charge on any atom is -0.497 e. The number of hydrogen-bond acceptors (Lipinski definition) is 6. The molecule has 1 saturated heterocycles. The topological polar surface area (TPSA) is 66.4 Å². The van der Waals surface area contributed by atoms with Crippen LogP contribution in [0.5, 0.6) is 5.75 Å². The summed E-state index contributed by atoms with van der Waals surface area (Å²) in [6.07, 6.45) is -0.982. The Balaban J connectivity index is 1.41. The number of aliphatic hydroxyl groups excluding tert-OH is 1. The van der Waals surface area contributed by atoms with Crippen LogP contribution in [0.15, 0.2) is 84.9 Å². The molecule has 0 saturated carbocycles. The maximum absolute atomic E-state index is 11.1. The standard InChI is InChI=1S/C37H48O6Si/c1-28(40-27-29-21-23-30(39-7)24-22-29)15-14-20-33(38)35-34(42-37(5,6)43-35)25-26-41-44(36(2,3)4,31-16-10-8-11-17-31)32-18-12-9-13-19-32/h8-13,16-19,21-24,28,33-35,38H,15,25-27H2,1-7H3/t28-,33?,34-,35?/m0/s1. The minimum absolute atomic E-state index is 0.0929. The second-order valence-electron chi connectivity index (χ2n) is 12.9. The molecular formula is C37H48O6Si. The van der Waals surface area contributed by atoms with Crippen LogP contribution in [0.3, 0.4) is 0 Å². The van der Waals surface area contributed by atoms with E-state index < -0.39 is 26.3 Å². The van der Waals surface area contributed by atoms with Crippen LogP contribution in [0.2, 0.25) is 5.04 Å². The highest BCUT2D eigenvalue weighted by atomic mass is 28.4. The van der Waals surface area contributed by atoms with E-state index in [2.05, 4.69) is 81.1 Å². The van der Waals surface area contributed by atoms with Crippen molar-refractivity contribution in [1.29, 1.82) is 0 Å². The first-order chi connectivity index (χ1) is 20.9. The smallest absolute Gasteiger partial charge is 0.261 e. The number of aliphatic hydroxyl groups is 1. The fraction of sp³-hybridized carbons (Fsp3) is 0.459. The van der Waals surface area contributed by atoms with E-state index in [1.165, 1.54) is 10.4 Å². The van der Waals surface area contributed by atoms with Crippen LogP contribution in [0, 0.1) is 11.8 Å². The van der Waals surface area contributed by atoms with Crippen molar-refractivity contribution in [3.05, 3.63) is 90.5 Å². The van der Waals surface area contributed by atoms with Gasteiger partial charge in [-0.05, 0) is 60.3 Å². The van der Waals surface area contributed by atoms with E-state index in [-0.39, 0.29) is 17.2 Å². The van der Waals surface area contributed by atoms with Crippen molar-refractivity contribution >= 4 is 18.7 Å². The molecule has 1 fully saturated rings. The maximum atomic E-state index is 11.1. The number of methoxy groups -OCH3 is 1. The average molecular weight is 617 g/mol. The highest BCUT2D eigenvalue weighted by Crippen LogP contribution is 2.38. The molecule has 7 heteroatoms. The van der Waals surface area contributed by atoms with Gasteiger partial charge in [0.05, 0.1) is 25.9 Å². The molecule has 3 aromatic carbocycles. The number of ether oxygens (including phenoxy) is 4. The Labute approximate surface area is 264 Å². The average Bonchev–Trinajstić information content (AvgIpc) is 3.32. The number of hydrogen-bond donors (Lipinski definition) is 1. The van der Waals surface area contributed by atoms with Crippen molar-refractivity contribution in [3.63, 3.8) is 0 Å². The highest BCUT2D eigenvalue weighted by molar-refractivity contribution is 6.99. The van der Waals surface area contributed by atoms with Crippen LogP contribution in [0.25, 0.3) is 0 Å². The van der Waals surface area contributed by atoms with Gasteiger partial charge in [0.25, 0.3) is 8.32 Å². The van der Waals surface area contributed by atoms with Crippen molar-refractivity contribution in [2.75, 3.05) is 13.7 Å². The molecule has 4 atom stereocenters. The molecule has 0 aromatic heterocycles. The van der Waals surface area contributed by atoms with Crippen LogP contribution in [-0.4, -0.2) is 57.3 Å². The summed E-state index contributed by atoms with van der Waals surface area (Å²) in [5.74, 6) is 6.08. The van der Waals surface area contributed by atoms with E-state index in [9.17, 15) is 5.11 Å². The Morgan fingerprint density at radius 1 is 0.909 bits per heavy atom. The second-order valence-corrected chi connectivity index (χ2v) is 17.2. The van der Waals surface area contributed by atoms with E-state index in [1.807, 2.05) is 57.2 Å². The molecule has 1 N–H and O–H groups in total. The molecule has 0 bridgehead atoms. The van der Waals surface area contributed by atoms with Crippen molar-refractivity contribution in [1.82, 2.24) is 0 Å². The maximum Gasteiger partial charge on any atom is 0.261 e. The lowest BCUT2D eigenvalue weighted by Gasteiger charge is -2.43. The third-order valence-electron chi connectivity index (χ3n) is 8.00. The van der Waals surface area contributed by atoms with Gasteiger partial charge in [0.1, 0.15) is 18.0 Å². The minimum atomic E-state index is -2.68. The molecule has 44 heavy (non-hydrogen) atoms. The van der Waals surface area contributed by atoms with Gasteiger partial charge in [0.15, 0.2) is 5.79 Å². The molecule has 1 heterocycles. The zero-order valence-corrected chi connectivity index (χ0v) is 28.2. The SMILES string of the molecule is COc1ccc(CO[C@@H](C)CC#CC(O)C2OC(C)(C)O[C@H]2CCO[Si](c2ccccc2)(c2ccccc2)C(C)(C)C)cc1. The predicted molar refractivity (Wildman–Crippen MR) is 178 cm³/mol. The van der Waals surface area contributed by atoms with Crippen LogP contribution >= 0.6 is 0 Å². The Hall–Kier alpha value is -2.96. The Bertz CT molecular complexity index is 1320. The second kappa shape index (κ2) is 14.9. The van der Waals surface area contributed by atoms with Crippen LogP contribution in [0.4, 0.5) is 0 Å². The lowest BCUT2D eigenvalue weighted by molar-refractivity contribution is -0.152. The zero-order valence-electron chi connectivity index (χ0n) is 27.2. The van der Waals surface area contributed by atoms with E-state index in [0.29, 0.717) is 26.1 Å². The summed E-state index contributed by atoms with van der Waals surface area (Å²) in [7, 11) is -1.03. The van der Waals surface area contributed by atoms with Crippen molar-refractivity contribution < 1.29 is 28.5 Å². The molecule has 3 aromatic rings. The zero-order chi connectivity index (χ0) is 31.8. The monoisotopic (exact) mass is 616 g/mol. The Morgan fingerprint density at radius 2 is 1.50 bits per heavy atom. The summed E-state index contributed by atoms with van der Waals surface area (Å²) in [5, 5.41) is 13.4. The molecule has 0 radical (unpaired) electrons. The predicted octanol–water partition coefficient (Wildman–Crippen LogP) is 5.84. The molecule has 1 aliphatic rings. The highest BCUT2D eigenvalue weighted by Gasteiger charge is 2.51. The Kier molecular flexibility index (Phi) is 11.5. The van der Waals surface area contributed by atoms with E-state index >= 15 is 0 Å². The normalized spacial score (nSPS) is 19.5. The summed E-state index contributed by atoms with van der Waals surface area (Å²) in [6, 6.07) is 29.0. The van der Waals surface area contributed by atoms with Crippen molar-refractivity contribution in [2.24, 2.45) is 0 Å². The fourth-order valence-electron chi connectivity index (χ4n) is 5.85. The third-order valence-corrected chi connectivity index (χ3v) is 13.0. The van der Waals surface area contributed by atoms with E-state index in [0.717, 1.165) is 11.3 Å². The number of benzene rings is 3. The molecule has 0 aliphatic carbocycles. The van der Waals surface area contributed by atoms with Crippen LogP contribution in [-0.2, 0) is 25.2 Å². The van der Waals surface area contributed by atoms with Gasteiger partial charge in [-0.1, -0.05) is 105 Å². The first-order valence-electron chi connectivity index (χ1n) is 15.5. The van der Waals surface area contributed by atoms with Crippen molar-refractivity contribution in [3.8, 4) is 17.6 Å². The molecular weight excluding hydrogens is 568 g/mol. The summed E-state index contributed by atoms with van der Waals surface area (Å²) < 4.78 is 30.7. The van der Waals surface area contributed by atoms with Gasteiger partial charge in [0.2, 0.25) is 0 Å². The molecule has 236 valence electrons. The molecule has 4 rings (SSSR count). The summed E-state index contributed by atoms with van der Waals surface area (Å²) in [5.41, 5.74) is 1.06. The fourth-order valence-corrected chi connectivity index (χ4v) is 10.4. The lowest BCUT2D eigenvalue weighted by atomic mass is 10.1. The van der Waals surface area contributed by atoms with Gasteiger partial charge in [-0.25, -0.2) is 0 Å². The number of rotatable bonds is 12. The van der Waals surface area contributed by atoms with Gasteiger partial charge in [-0.2, -0.15) is 0 Å². The first kappa shape index (κ1) is 33.9. The molecule has 0 amide bonds. The third kappa shape index (κ3) is 8.39. The summed E-state index contributed by atoms with van der Waals surface area (Å²) >= 11 is 0. The van der Waals surface area contributed by atoms with E-state index in [1.54, 1.807) is 7.11 Å². The van der Waals surface area contributed by atoms with Gasteiger partial charge in [-0.3, -0.25) is 0 Å². The van der Waals surface area contributed by atoms with Gasteiger partial charge >= 0.3 is 0 Å². The van der Waals surface area contributed by atoms with Gasteiger partial charge in [0, 0.05) is 13.0 Å². The van der Waals surface area contributed by atoms with Crippen molar-refractivity contribution in [2.45, 2.75) is 96.2 Å². The van der Waals surface area contributed by atoms with Crippen LogP contribution < -0.4 is 15.1 Å². The quantitative estimate of drug-likeness (QED) is 0.204. The first-order valence-corrected chi connectivity index (χ1v) is 17.4. The van der Waals surface area contributed by atoms with E-state index in [4.69, 9.17) is 23.4 Å². The lowest BCUT2D eigenvalue weighted by Crippen LogP contribution is -2.66. The Morgan fingerprint density at radius 3 is 2.05 bits per heavy atom. The van der Waals surface area contributed by atoms with Crippen LogP contribution in [0.1, 0.15) is 59.9 Å². The summed E-state index contributed by atoms with van der Waals surface area (Å²) in [4.78, 5) is 0. The largest absolute Gasteiger partial charge is 0.497 e. The van der Waals surface area contributed by atoms with Gasteiger partial charge < -0.3 is 28.5 Å².